The summed E-state index contributed by atoms with van der Waals surface area (Å²) in [6.45, 7) is 6.78. The van der Waals surface area contributed by atoms with Crippen molar-refractivity contribution in [3.63, 3.8) is 0 Å². The third-order valence-electron chi connectivity index (χ3n) is 3.72. The molecule has 24 heavy (non-hydrogen) atoms. The first-order valence-corrected chi connectivity index (χ1v) is 7.84. The highest BCUT2D eigenvalue weighted by atomic mass is 16.7. The molecule has 1 aromatic carbocycles. The summed E-state index contributed by atoms with van der Waals surface area (Å²) in [6, 6.07) is 9.39. The van der Waals surface area contributed by atoms with Crippen LogP contribution in [0.1, 0.15) is 36.9 Å². The molecule has 126 valence electrons. The molecular formula is C18H20N2O4. The Hall–Kier alpha value is -2.44. The van der Waals surface area contributed by atoms with E-state index in [0.29, 0.717) is 18.9 Å². The summed E-state index contributed by atoms with van der Waals surface area (Å²) >= 11 is 0. The maximum absolute atomic E-state index is 11.5. The Morgan fingerprint density at radius 2 is 2.04 bits per heavy atom. The predicted octanol–water partition coefficient (Wildman–Crippen LogP) is 3.09. The van der Waals surface area contributed by atoms with Crippen LogP contribution in [0.2, 0.25) is 0 Å². The minimum Gasteiger partial charge on any atom is -0.451 e. The number of nitrogens with zero attached hydrogens (tertiary/aromatic N) is 2. The molecule has 1 aliphatic heterocycles. The van der Waals surface area contributed by atoms with Gasteiger partial charge in [-0.1, -0.05) is 30.8 Å². The number of carbonyl (C=O) groups excluding carboxylic acids is 1. The lowest BCUT2D eigenvalue weighted by Crippen LogP contribution is -2.18. The zero-order valence-electron chi connectivity index (χ0n) is 13.6. The topological polar surface area (TPSA) is 62.6 Å². The molecular weight excluding hydrogens is 308 g/mol. The van der Waals surface area contributed by atoms with E-state index in [2.05, 4.69) is 11.7 Å². The van der Waals surface area contributed by atoms with Gasteiger partial charge >= 0.3 is 5.97 Å². The second-order valence-electron chi connectivity index (χ2n) is 5.53. The Balaban J connectivity index is 1.82. The van der Waals surface area contributed by atoms with Crippen molar-refractivity contribution in [3.05, 3.63) is 60.4 Å². The first-order valence-electron chi connectivity index (χ1n) is 7.84. The van der Waals surface area contributed by atoms with Crippen LogP contribution in [-0.4, -0.2) is 29.0 Å². The van der Waals surface area contributed by atoms with E-state index in [1.165, 1.54) is 6.92 Å². The van der Waals surface area contributed by atoms with Crippen molar-refractivity contribution in [2.45, 2.75) is 25.7 Å². The number of carbonyl (C=O) groups is 1. The average molecular weight is 328 g/mol. The highest BCUT2D eigenvalue weighted by molar-refractivity contribution is 5.68. The minimum absolute atomic E-state index is 0.339. The number of esters is 1. The van der Waals surface area contributed by atoms with E-state index in [1.807, 2.05) is 24.3 Å². The smallest absolute Gasteiger partial charge is 0.303 e. The molecule has 1 atom stereocenters. The lowest BCUT2D eigenvalue weighted by Gasteiger charge is -2.24. The molecule has 0 saturated carbocycles. The third kappa shape index (κ3) is 3.72. The van der Waals surface area contributed by atoms with Crippen molar-refractivity contribution in [2.75, 3.05) is 13.2 Å². The van der Waals surface area contributed by atoms with Gasteiger partial charge < -0.3 is 14.2 Å². The Morgan fingerprint density at radius 3 is 2.62 bits per heavy atom. The minimum atomic E-state index is -0.607. The number of aromatic nitrogens is 2. The fraction of sp³-hybridized carbons (Fsp3) is 0.333. The van der Waals surface area contributed by atoms with E-state index in [0.717, 1.165) is 17.5 Å². The zero-order chi connectivity index (χ0) is 16.9. The lowest BCUT2D eigenvalue weighted by atomic mass is 10.0. The molecule has 1 aliphatic rings. The molecule has 0 bridgehead atoms. The van der Waals surface area contributed by atoms with Crippen molar-refractivity contribution >= 4 is 11.7 Å². The first-order chi connectivity index (χ1) is 11.6. The number of rotatable bonds is 5. The molecule has 1 fully saturated rings. The van der Waals surface area contributed by atoms with Crippen molar-refractivity contribution in [1.82, 2.24) is 9.78 Å². The molecule has 6 nitrogen and oxygen atoms in total. The van der Waals surface area contributed by atoms with Crippen LogP contribution in [0.25, 0.3) is 5.70 Å². The van der Waals surface area contributed by atoms with Gasteiger partial charge in [-0.15, -0.1) is 0 Å². The van der Waals surface area contributed by atoms with E-state index in [9.17, 15) is 4.79 Å². The van der Waals surface area contributed by atoms with Crippen LogP contribution in [0.3, 0.4) is 0 Å². The second kappa shape index (κ2) is 7.42. The molecule has 0 spiro atoms. The summed E-state index contributed by atoms with van der Waals surface area (Å²) in [6.07, 6.45) is 3.37. The quantitative estimate of drug-likeness (QED) is 0.789. The molecule has 0 radical (unpaired) electrons. The van der Waals surface area contributed by atoms with Crippen LogP contribution >= 0.6 is 0 Å². The van der Waals surface area contributed by atoms with Crippen molar-refractivity contribution in [2.24, 2.45) is 0 Å². The van der Waals surface area contributed by atoms with Gasteiger partial charge in [-0.2, -0.15) is 5.10 Å². The molecule has 2 heterocycles. The van der Waals surface area contributed by atoms with Crippen LogP contribution in [0, 0.1) is 0 Å². The van der Waals surface area contributed by atoms with Crippen LogP contribution in [-0.2, 0) is 19.0 Å². The molecule has 0 N–H and O–H groups in total. The summed E-state index contributed by atoms with van der Waals surface area (Å²) in [7, 11) is 0. The number of hydrogen-bond acceptors (Lipinski definition) is 5. The molecule has 6 heteroatoms. The highest BCUT2D eigenvalue weighted by Gasteiger charge is 2.22. The van der Waals surface area contributed by atoms with E-state index in [1.54, 1.807) is 23.1 Å². The van der Waals surface area contributed by atoms with Gasteiger partial charge in [-0.3, -0.25) is 4.79 Å². The summed E-state index contributed by atoms with van der Waals surface area (Å²) in [4.78, 5) is 11.5. The molecule has 0 amide bonds. The van der Waals surface area contributed by atoms with Crippen LogP contribution in [0.4, 0.5) is 0 Å². The van der Waals surface area contributed by atoms with Crippen molar-refractivity contribution < 1.29 is 19.0 Å². The fourth-order valence-electron chi connectivity index (χ4n) is 2.56. The van der Waals surface area contributed by atoms with Crippen molar-refractivity contribution in [1.29, 1.82) is 0 Å². The Kier molecular flexibility index (Phi) is 5.08. The standard InChI is InChI=1S/C18H20N2O4/c1-13(20-10-3-9-19-20)17(24-14(2)21)15-5-7-16(8-6-15)18-22-11-4-12-23-18/h3,5-10,17-18H,1,4,11-12H2,2H3. The second-order valence-corrected chi connectivity index (χ2v) is 5.53. The van der Waals surface area contributed by atoms with Gasteiger partial charge in [0, 0.05) is 24.9 Å². The molecule has 1 saturated heterocycles. The van der Waals surface area contributed by atoms with E-state index >= 15 is 0 Å². The van der Waals surface area contributed by atoms with Gasteiger partial charge in [0.15, 0.2) is 12.4 Å². The zero-order valence-corrected chi connectivity index (χ0v) is 13.6. The Labute approximate surface area is 140 Å². The van der Waals surface area contributed by atoms with Gasteiger partial charge in [0.1, 0.15) is 0 Å². The van der Waals surface area contributed by atoms with E-state index < -0.39 is 6.10 Å². The van der Waals surface area contributed by atoms with Gasteiger partial charge in [0.2, 0.25) is 0 Å². The summed E-state index contributed by atoms with van der Waals surface area (Å²) < 4.78 is 18.2. The fourth-order valence-corrected chi connectivity index (χ4v) is 2.56. The number of hydrogen-bond donors (Lipinski definition) is 0. The van der Waals surface area contributed by atoms with Crippen molar-refractivity contribution in [3.8, 4) is 0 Å². The third-order valence-corrected chi connectivity index (χ3v) is 3.72. The average Bonchev–Trinajstić information content (AvgIpc) is 3.15. The van der Waals surface area contributed by atoms with Crippen LogP contribution < -0.4 is 0 Å². The normalized spacial score (nSPS) is 16.5. The maximum atomic E-state index is 11.5. The maximum Gasteiger partial charge on any atom is 0.303 e. The molecule has 2 aromatic rings. The summed E-state index contributed by atoms with van der Waals surface area (Å²) in [5.74, 6) is -0.378. The van der Waals surface area contributed by atoms with Gasteiger partial charge in [-0.25, -0.2) is 4.68 Å². The lowest BCUT2D eigenvalue weighted by molar-refractivity contribution is -0.183. The summed E-state index contributed by atoms with van der Waals surface area (Å²) in [5.41, 5.74) is 2.31. The van der Waals surface area contributed by atoms with E-state index in [-0.39, 0.29) is 12.3 Å². The molecule has 1 aromatic heterocycles. The number of benzene rings is 1. The first kappa shape index (κ1) is 16.4. The largest absolute Gasteiger partial charge is 0.451 e. The van der Waals surface area contributed by atoms with E-state index in [4.69, 9.17) is 14.2 Å². The Bertz CT molecular complexity index is 688. The summed E-state index contributed by atoms with van der Waals surface area (Å²) in [5, 5.41) is 4.15. The molecule has 1 unspecified atom stereocenters. The number of ether oxygens (including phenoxy) is 3. The predicted molar refractivity (Wildman–Crippen MR) is 87.8 cm³/mol. The van der Waals surface area contributed by atoms with Gasteiger partial charge in [0.25, 0.3) is 0 Å². The monoisotopic (exact) mass is 328 g/mol. The Morgan fingerprint density at radius 1 is 1.33 bits per heavy atom. The SMILES string of the molecule is C=C(C(OC(C)=O)c1ccc(C2OCCCO2)cc1)n1cccn1. The van der Waals surface area contributed by atoms with Gasteiger partial charge in [0.05, 0.1) is 18.9 Å². The highest BCUT2D eigenvalue weighted by Crippen LogP contribution is 2.30. The molecule has 0 aliphatic carbocycles. The van der Waals surface area contributed by atoms with Crippen LogP contribution in [0.5, 0.6) is 0 Å². The van der Waals surface area contributed by atoms with Crippen LogP contribution in [0.15, 0.2) is 49.3 Å². The van der Waals surface area contributed by atoms with Gasteiger partial charge in [-0.05, 0) is 18.1 Å². The molecule has 3 rings (SSSR count).